The van der Waals surface area contributed by atoms with Crippen LogP contribution in [0.4, 0.5) is 0 Å². The Kier molecular flexibility index (Phi) is 9.69. The summed E-state index contributed by atoms with van der Waals surface area (Å²) < 4.78 is 11.3. The van der Waals surface area contributed by atoms with Crippen LogP contribution in [0.1, 0.15) is 24.6 Å². The zero-order valence-corrected chi connectivity index (χ0v) is 22.1. The van der Waals surface area contributed by atoms with Gasteiger partial charge in [-0.2, -0.15) is 11.8 Å². The lowest BCUT2D eigenvalue weighted by atomic mass is 9.95. The monoisotopic (exact) mass is 571 g/mol. The van der Waals surface area contributed by atoms with Crippen molar-refractivity contribution in [1.29, 1.82) is 0 Å². The Morgan fingerprint density at radius 2 is 2.00 bits per heavy atom. The van der Waals surface area contributed by atoms with E-state index >= 15 is 0 Å². The molecule has 0 saturated carbocycles. The summed E-state index contributed by atoms with van der Waals surface area (Å²) in [5.41, 5.74) is 3.21. The number of rotatable bonds is 7. The first kappa shape index (κ1) is 25.3. The Morgan fingerprint density at radius 3 is 2.69 bits per heavy atom. The summed E-state index contributed by atoms with van der Waals surface area (Å²) in [6.07, 6.45) is 2.90. The van der Waals surface area contributed by atoms with Gasteiger partial charge in [0.15, 0.2) is 5.96 Å². The van der Waals surface area contributed by atoms with Crippen LogP contribution in [0.25, 0.3) is 11.5 Å². The molecule has 1 aromatic heterocycles. The van der Waals surface area contributed by atoms with Crippen LogP contribution >= 0.6 is 35.7 Å². The van der Waals surface area contributed by atoms with Gasteiger partial charge in [-0.25, -0.2) is 9.98 Å². The Balaban J connectivity index is 0.00000289. The Bertz CT molecular complexity index is 862. The minimum absolute atomic E-state index is 0. The molecule has 1 aromatic carbocycles. The molecule has 2 fully saturated rings. The molecule has 2 saturated heterocycles. The molecule has 2 aliphatic rings. The topological polar surface area (TPSA) is 74.9 Å². The predicted octanol–water partition coefficient (Wildman–Crippen LogP) is 3.53. The van der Waals surface area contributed by atoms with Crippen LogP contribution in [0.15, 0.2) is 39.9 Å². The summed E-state index contributed by atoms with van der Waals surface area (Å²) in [5.74, 6) is 3.83. The third kappa shape index (κ3) is 6.39. The fraction of sp³-hybridized carbons (Fsp3) is 0.565. The van der Waals surface area contributed by atoms with Gasteiger partial charge in [0, 0.05) is 43.0 Å². The van der Waals surface area contributed by atoms with Gasteiger partial charge in [-0.3, -0.25) is 4.90 Å². The zero-order chi connectivity index (χ0) is 21.5. The van der Waals surface area contributed by atoms with Crippen molar-refractivity contribution in [3.63, 3.8) is 0 Å². The largest absolute Gasteiger partial charge is 0.444 e. The van der Waals surface area contributed by atoms with Gasteiger partial charge in [0.05, 0.1) is 19.8 Å². The van der Waals surface area contributed by atoms with E-state index in [0.29, 0.717) is 12.4 Å². The molecule has 1 unspecified atom stereocenters. The van der Waals surface area contributed by atoms with E-state index in [0.717, 1.165) is 62.4 Å². The van der Waals surface area contributed by atoms with E-state index in [4.69, 9.17) is 14.1 Å². The average Bonchev–Trinajstić information content (AvgIpc) is 3.48. The SMILES string of the molecule is CCNC(=NCc1coc(-c2ccc(C)cc2)n1)NCC1(N2CCOCC2)CCSC1.I. The fourth-order valence-corrected chi connectivity index (χ4v) is 5.57. The lowest BCUT2D eigenvalue weighted by molar-refractivity contribution is -0.0120. The van der Waals surface area contributed by atoms with Crippen LogP contribution < -0.4 is 10.6 Å². The van der Waals surface area contributed by atoms with Gasteiger partial charge < -0.3 is 19.8 Å². The molecule has 2 N–H and O–H groups in total. The van der Waals surface area contributed by atoms with E-state index in [1.165, 1.54) is 17.7 Å². The summed E-state index contributed by atoms with van der Waals surface area (Å²) in [5, 5.41) is 6.97. The summed E-state index contributed by atoms with van der Waals surface area (Å²) in [4.78, 5) is 12.0. The van der Waals surface area contributed by atoms with Crippen LogP contribution in [-0.2, 0) is 11.3 Å². The van der Waals surface area contributed by atoms with Crippen molar-refractivity contribution < 1.29 is 9.15 Å². The van der Waals surface area contributed by atoms with Crippen molar-refractivity contribution >= 4 is 41.7 Å². The average molecular weight is 572 g/mol. The van der Waals surface area contributed by atoms with Crippen molar-refractivity contribution in [2.75, 3.05) is 50.9 Å². The lowest BCUT2D eigenvalue weighted by Gasteiger charge is -2.43. The van der Waals surface area contributed by atoms with Gasteiger partial charge >= 0.3 is 0 Å². The molecule has 1 atom stereocenters. The highest BCUT2D eigenvalue weighted by molar-refractivity contribution is 14.0. The second-order valence-electron chi connectivity index (χ2n) is 8.19. The van der Waals surface area contributed by atoms with E-state index < -0.39 is 0 Å². The maximum absolute atomic E-state index is 5.68. The molecule has 0 bridgehead atoms. The third-order valence-electron chi connectivity index (χ3n) is 5.94. The minimum Gasteiger partial charge on any atom is -0.444 e. The Labute approximate surface area is 212 Å². The summed E-state index contributed by atoms with van der Waals surface area (Å²) >= 11 is 2.05. The van der Waals surface area contributed by atoms with E-state index in [1.807, 2.05) is 23.9 Å². The van der Waals surface area contributed by atoms with E-state index in [9.17, 15) is 0 Å². The van der Waals surface area contributed by atoms with Crippen molar-refractivity contribution in [2.24, 2.45) is 4.99 Å². The number of hydrogen-bond donors (Lipinski definition) is 2. The summed E-state index contributed by atoms with van der Waals surface area (Å²) in [6.45, 7) is 10.0. The highest BCUT2D eigenvalue weighted by Crippen LogP contribution is 2.33. The molecule has 32 heavy (non-hydrogen) atoms. The molecule has 0 spiro atoms. The molecule has 7 nitrogen and oxygen atoms in total. The van der Waals surface area contributed by atoms with Gasteiger partial charge in [-0.1, -0.05) is 17.7 Å². The molecular formula is C23H34IN5O2S. The Hall–Kier alpha value is -1.30. The molecule has 9 heteroatoms. The fourth-order valence-electron chi connectivity index (χ4n) is 4.09. The minimum atomic E-state index is 0. The predicted molar refractivity (Wildman–Crippen MR) is 142 cm³/mol. The number of guanidine groups is 1. The third-order valence-corrected chi connectivity index (χ3v) is 7.18. The van der Waals surface area contributed by atoms with Crippen LogP contribution in [-0.4, -0.2) is 72.3 Å². The van der Waals surface area contributed by atoms with E-state index in [2.05, 4.69) is 46.5 Å². The van der Waals surface area contributed by atoms with Crippen LogP contribution in [0, 0.1) is 6.92 Å². The molecule has 0 amide bonds. The number of morpholine rings is 1. The summed E-state index contributed by atoms with van der Waals surface area (Å²) in [6, 6.07) is 8.20. The highest BCUT2D eigenvalue weighted by atomic mass is 127. The quantitative estimate of drug-likeness (QED) is 0.299. The van der Waals surface area contributed by atoms with Crippen molar-refractivity contribution in [2.45, 2.75) is 32.4 Å². The van der Waals surface area contributed by atoms with Gasteiger partial charge in [-0.15, -0.1) is 24.0 Å². The van der Waals surface area contributed by atoms with E-state index in [-0.39, 0.29) is 29.5 Å². The number of aryl methyl sites for hydroxylation is 1. The molecule has 3 heterocycles. The number of hydrogen-bond acceptors (Lipinski definition) is 6. The van der Waals surface area contributed by atoms with Crippen LogP contribution in [0.2, 0.25) is 0 Å². The van der Waals surface area contributed by atoms with Gasteiger partial charge in [0.25, 0.3) is 0 Å². The lowest BCUT2D eigenvalue weighted by Crippen LogP contribution is -2.60. The molecule has 176 valence electrons. The number of thioether (sulfide) groups is 1. The number of aromatic nitrogens is 1. The number of nitrogens with zero attached hydrogens (tertiary/aromatic N) is 3. The number of halogens is 1. The number of ether oxygens (including phenoxy) is 1. The Morgan fingerprint density at radius 1 is 1.22 bits per heavy atom. The van der Waals surface area contributed by atoms with Gasteiger partial charge in [0.1, 0.15) is 12.0 Å². The van der Waals surface area contributed by atoms with E-state index in [1.54, 1.807) is 6.26 Å². The van der Waals surface area contributed by atoms with Crippen LogP contribution in [0.3, 0.4) is 0 Å². The van der Waals surface area contributed by atoms with Crippen molar-refractivity contribution in [1.82, 2.24) is 20.5 Å². The molecule has 0 radical (unpaired) electrons. The first-order chi connectivity index (χ1) is 15.2. The number of benzene rings is 1. The van der Waals surface area contributed by atoms with Crippen LogP contribution in [0.5, 0.6) is 0 Å². The normalized spacial score (nSPS) is 21.9. The number of aliphatic imine (C=N–C) groups is 1. The van der Waals surface area contributed by atoms with Crippen molar-refractivity contribution in [3.05, 3.63) is 41.8 Å². The molecular weight excluding hydrogens is 537 g/mol. The molecule has 4 rings (SSSR count). The van der Waals surface area contributed by atoms with Gasteiger partial charge in [0.2, 0.25) is 5.89 Å². The molecule has 2 aromatic rings. The van der Waals surface area contributed by atoms with Crippen molar-refractivity contribution in [3.8, 4) is 11.5 Å². The maximum Gasteiger partial charge on any atom is 0.226 e. The van der Waals surface area contributed by atoms with Gasteiger partial charge in [-0.05, 0) is 38.2 Å². The number of oxazole rings is 1. The smallest absolute Gasteiger partial charge is 0.226 e. The number of nitrogens with one attached hydrogen (secondary N) is 2. The first-order valence-electron chi connectivity index (χ1n) is 11.1. The molecule has 2 aliphatic heterocycles. The first-order valence-corrected chi connectivity index (χ1v) is 12.3. The summed E-state index contributed by atoms with van der Waals surface area (Å²) in [7, 11) is 0. The zero-order valence-electron chi connectivity index (χ0n) is 18.9. The maximum atomic E-state index is 5.68. The highest BCUT2D eigenvalue weighted by Gasteiger charge is 2.40. The second-order valence-corrected chi connectivity index (χ2v) is 9.29. The second kappa shape index (κ2) is 12.2. The standard InChI is InChI=1S/C23H33N5O2S.HI/c1-3-24-22(26-16-23(8-13-31-17-23)28-9-11-29-12-10-28)25-14-20-15-30-21(27-20)19-6-4-18(2)5-7-19;/h4-7,15H,3,8-14,16-17H2,1-2H3,(H2,24,25,26);1H. The molecule has 0 aliphatic carbocycles.